The van der Waals surface area contributed by atoms with Gasteiger partial charge in [-0.1, -0.05) is 6.07 Å². The average molecular weight is 272 g/mol. The summed E-state index contributed by atoms with van der Waals surface area (Å²) in [6, 6.07) is 2.63. The van der Waals surface area contributed by atoms with Crippen LogP contribution in [0.4, 0.5) is 13.2 Å². The Labute approximate surface area is 109 Å². The van der Waals surface area contributed by atoms with E-state index in [9.17, 15) is 13.2 Å². The Morgan fingerprint density at radius 1 is 1.32 bits per heavy atom. The van der Waals surface area contributed by atoms with Crippen LogP contribution in [0, 0.1) is 5.41 Å². The first-order valence-corrected chi connectivity index (χ1v) is 6.24. The molecule has 2 heterocycles. The molecule has 1 saturated carbocycles. The quantitative estimate of drug-likeness (QED) is 0.827. The molecular weight excluding hydrogens is 257 g/mol. The van der Waals surface area contributed by atoms with Crippen molar-refractivity contribution in [2.75, 3.05) is 20.2 Å². The Hall–Kier alpha value is -1.14. The van der Waals surface area contributed by atoms with E-state index in [0.717, 1.165) is 37.6 Å². The third-order valence-corrected chi connectivity index (χ3v) is 4.19. The Balaban J connectivity index is 1.61. The Morgan fingerprint density at radius 3 is 2.47 bits per heavy atom. The third-order valence-electron chi connectivity index (χ3n) is 4.19. The molecule has 3 nitrogen and oxygen atoms in total. The Bertz CT molecular complexity index is 458. The van der Waals surface area contributed by atoms with Crippen molar-refractivity contribution in [2.24, 2.45) is 5.41 Å². The van der Waals surface area contributed by atoms with Crippen LogP contribution in [0.15, 0.2) is 18.3 Å². The molecule has 3 rings (SSSR count). The van der Waals surface area contributed by atoms with Gasteiger partial charge in [-0.15, -0.1) is 0 Å². The Kier molecular flexibility index (Phi) is 2.83. The van der Waals surface area contributed by atoms with E-state index in [1.54, 1.807) is 13.2 Å². The van der Waals surface area contributed by atoms with Gasteiger partial charge >= 0.3 is 6.18 Å². The molecule has 1 aliphatic carbocycles. The van der Waals surface area contributed by atoms with Crippen molar-refractivity contribution in [3.63, 3.8) is 0 Å². The molecule has 2 fully saturated rings. The van der Waals surface area contributed by atoms with Crippen LogP contribution in [0.3, 0.4) is 0 Å². The summed E-state index contributed by atoms with van der Waals surface area (Å²) < 4.78 is 37.2. The van der Waals surface area contributed by atoms with E-state index in [2.05, 4.69) is 4.98 Å². The lowest BCUT2D eigenvalue weighted by Gasteiger charge is -2.58. The van der Waals surface area contributed by atoms with Crippen LogP contribution in [0.25, 0.3) is 0 Å². The summed E-state index contributed by atoms with van der Waals surface area (Å²) in [5, 5.41) is 1.90. The number of nitrogens with zero attached hydrogens (tertiary/aromatic N) is 2. The second-order valence-electron chi connectivity index (χ2n) is 5.56. The topological polar surface area (TPSA) is 25.4 Å². The maximum absolute atomic E-state index is 12.4. The van der Waals surface area contributed by atoms with Crippen LogP contribution < -0.4 is 0 Å². The lowest BCUT2D eigenvalue weighted by molar-refractivity contribution is -0.254. The summed E-state index contributed by atoms with van der Waals surface area (Å²) in [4.78, 5) is 8.62. The van der Waals surface area contributed by atoms with E-state index in [-0.39, 0.29) is 0 Å². The zero-order valence-corrected chi connectivity index (χ0v) is 10.6. The number of hydrogen-bond donors (Lipinski definition) is 0. The van der Waals surface area contributed by atoms with E-state index in [4.69, 9.17) is 4.84 Å². The van der Waals surface area contributed by atoms with Gasteiger partial charge < -0.3 is 4.84 Å². The van der Waals surface area contributed by atoms with Crippen molar-refractivity contribution in [1.29, 1.82) is 0 Å². The van der Waals surface area contributed by atoms with Gasteiger partial charge in [0, 0.05) is 24.7 Å². The van der Waals surface area contributed by atoms with Gasteiger partial charge in [0.05, 0.1) is 7.11 Å². The Morgan fingerprint density at radius 2 is 2.00 bits per heavy atom. The van der Waals surface area contributed by atoms with Crippen molar-refractivity contribution in [3.8, 4) is 0 Å². The molecule has 1 saturated heterocycles. The number of alkyl halides is 3. The lowest BCUT2D eigenvalue weighted by atomic mass is 9.57. The summed E-state index contributed by atoms with van der Waals surface area (Å²) in [5.41, 5.74) is 0.414. The van der Waals surface area contributed by atoms with Gasteiger partial charge in [0.1, 0.15) is 5.69 Å². The number of hydroxylamine groups is 2. The van der Waals surface area contributed by atoms with E-state index in [1.165, 1.54) is 6.20 Å². The van der Waals surface area contributed by atoms with Crippen molar-refractivity contribution in [2.45, 2.75) is 24.9 Å². The standard InChI is InChI=1S/C13H15F3N2O/c1-19-18-7-12(8-18)4-10(5-12)9-2-3-11(17-6-9)13(14,15)16/h2-3,6,10H,4-5,7-8H2,1H3. The summed E-state index contributed by atoms with van der Waals surface area (Å²) in [6.45, 7) is 1.85. The number of halogens is 3. The van der Waals surface area contributed by atoms with Gasteiger partial charge in [0.2, 0.25) is 0 Å². The molecule has 0 aromatic carbocycles. The zero-order chi connectivity index (χ0) is 13.7. The van der Waals surface area contributed by atoms with Gasteiger partial charge in [0.15, 0.2) is 0 Å². The van der Waals surface area contributed by atoms with Gasteiger partial charge in [0.25, 0.3) is 0 Å². The fourth-order valence-corrected chi connectivity index (χ4v) is 3.12. The predicted octanol–water partition coefficient (Wildman–Crippen LogP) is 2.84. The molecule has 104 valence electrons. The molecule has 0 amide bonds. The lowest BCUT2D eigenvalue weighted by Crippen LogP contribution is -2.60. The highest BCUT2D eigenvalue weighted by atomic mass is 19.4. The molecule has 0 bridgehead atoms. The third kappa shape index (κ3) is 2.23. The first-order valence-electron chi connectivity index (χ1n) is 6.24. The van der Waals surface area contributed by atoms with Crippen LogP contribution in [-0.2, 0) is 11.0 Å². The molecule has 1 spiro atoms. The van der Waals surface area contributed by atoms with E-state index in [0.29, 0.717) is 11.3 Å². The van der Waals surface area contributed by atoms with Crippen LogP contribution in [-0.4, -0.2) is 30.2 Å². The average Bonchev–Trinajstić information content (AvgIpc) is 2.25. The normalized spacial score (nSPS) is 23.2. The molecule has 0 atom stereocenters. The molecule has 2 aliphatic rings. The van der Waals surface area contributed by atoms with E-state index < -0.39 is 11.9 Å². The predicted molar refractivity (Wildman–Crippen MR) is 62.2 cm³/mol. The number of hydrogen-bond acceptors (Lipinski definition) is 3. The van der Waals surface area contributed by atoms with Gasteiger partial charge in [-0.2, -0.15) is 18.2 Å². The first kappa shape index (κ1) is 12.9. The van der Waals surface area contributed by atoms with Gasteiger partial charge in [-0.25, -0.2) is 0 Å². The van der Waals surface area contributed by atoms with E-state index in [1.807, 2.05) is 5.06 Å². The molecule has 1 aliphatic heterocycles. The summed E-state index contributed by atoms with van der Waals surface area (Å²) in [7, 11) is 1.66. The zero-order valence-electron chi connectivity index (χ0n) is 10.6. The maximum atomic E-state index is 12.4. The fourth-order valence-electron chi connectivity index (χ4n) is 3.12. The fraction of sp³-hybridized carbons (Fsp3) is 0.615. The number of pyridine rings is 1. The largest absolute Gasteiger partial charge is 0.433 e. The summed E-state index contributed by atoms with van der Waals surface area (Å²) in [5.74, 6) is 0.341. The highest BCUT2D eigenvalue weighted by molar-refractivity contribution is 5.25. The first-order chi connectivity index (χ1) is 8.92. The second kappa shape index (κ2) is 4.18. The van der Waals surface area contributed by atoms with Crippen LogP contribution in [0.2, 0.25) is 0 Å². The molecular formula is C13H15F3N2O. The van der Waals surface area contributed by atoms with Crippen molar-refractivity contribution < 1.29 is 18.0 Å². The number of rotatable bonds is 2. The molecule has 0 N–H and O–H groups in total. The minimum absolute atomic E-state index is 0.323. The van der Waals surface area contributed by atoms with Crippen LogP contribution in [0.5, 0.6) is 0 Å². The number of aromatic nitrogens is 1. The van der Waals surface area contributed by atoms with Crippen molar-refractivity contribution >= 4 is 0 Å². The molecule has 0 unspecified atom stereocenters. The molecule has 6 heteroatoms. The van der Waals surface area contributed by atoms with Gasteiger partial charge in [-0.05, 0) is 30.4 Å². The van der Waals surface area contributed by atoms with Crippen LogP contribution in [0.1, 0.15) is 30.0 Å². The smallest absolute Gasteiger partial charge is 0.302 e. The molecule has 19 heavy (non-hydrogen) atoms. The summed E-state index contributed by atoms with van der Waals surface area (Å²) >= 11 is 0. The minimum Gasteiger partial charge on any atom is -0.302 e. The maximum Gasteiger partial charge on any atom is 0.433 e. The second-order valence-corrected chi connectivity index (χ2v) is 5.56. The van der Waals surface area contributed by atoms with Crippen molar-refractivity contribution in [3.05, 3.63) is 29.6 Å². The molecule has 1 aromatic heterocycles. The minimum atomic E-state index is -4.35. The highest BCUT2D eigenvalue weighted by Crippen LogP contribution is 2.55. The SMILES string of the molecule is CON1CC2(CC(c3ccc(C(F)(F)F)nc3)C2)C1. The monoisotopic (exact) mass is 272 g/mol. The van der Waals surface area contributed by atoms with E-state index >= 15 is 0 Å². The molecule has 1 aromatic rings. The van der Waals surface area contributed by atoms with Crippen LogP contribution >= 0.6 is 0 Å². The highest BCUT2D eigenvalue weighted by Gasteiger charge is 2.53. The van der Waals surface area contributed by atoms with Crippen molar-refractivity contribution in [1.82, 2.24) is 10.0 Å². The van der Waals surface area contributed by atoms with Gasteiger partial charge in [-0.3, -0.25) is 4.98 Å². The summed E-state index contributed by atoms with van der Waals surface area (Å²) in [6.07, 6.45) is -0.959. The molecule has 0 radical (unpaired) electrons.